The van der Waals surface area contributed by atoms with Gasteiger partial charge in [-0.15, -0.1) is 0 Å². The van der Waals surface area contributed by atoms with Crippen LogP contribution in [0.1, 0.15) is 45.4 Å². The quantitative estimate of drug-likeness (QED) is 0.542. The maximum Gasteiger partial charge on any atom is 0.0235 e. The Bertz CT molecular complexity index is 137. The third-order valence-electron chi connectivity index (χ3n) is 3.32. The largest absolute Gasteiger partial charge is 0.0856 e. The van der Waals surface area contributed by atoms with E-state index in [0.29, 0.717) is 4.32 Å². The smallest absolute Gasteiger partial charge is 0.0235 e. The Morgan fingerprint density at radius 3 is 2.27 bits per heavy atom. The summed E-state index contributed by atoms with van der Waals surface area (Å²) in [6.45, 7) is 2.37. The van der Waals surface area contributed by atoms with Crippen molar-refractivity contribution >= 4 is 15.9 Å². The molecule has 1 heteroatoms. The maximum atomic E-state index is 3.85. The van der Waals surface area contributed by atoms with E-state index in [4.69, 9.17) is 0 Å². The third-order valence-corrected chi connectivity index (χ3v) is 3.97. The predicted octanol–water partition coefficient (Wildman–Crippen LogP) is 3.74. The van der Waals surface area contributed by atoms with Gasteiger partial charge in [0.25, 0.3) is 0 Å². The van der Waals surface area contributed by atoms with Gasteiger partial charge in [0.05, 0.1) is 0 Å². The van der Waals surface area contributed by atoms with Gasteiger partial charge in [-0.1, -0.05) is 35.2 Å². The Kier molecular flexibility index (Phi) is 2.03. The molecule has 0 amide bonds. The average Bonchev–Trinajstić information content (AvgIpc) is 1.82. The lowest BCUT2D eigenvalue weighted by atomic mass is 9.68. The van der Waals surface area contributed by atoms with Crippen LogP contribution < -0.4 is 0 Å². The second-order valence-electron chi connectivity index (χ2n) is 4.72. The van der Waals surface area contributed by atoms with Gasteiger partial charge < -0.3 is 0 Å². The third kappa shape index (κ3) is 1.80. The van der Waals surface area contributed by atoms with Crippen LogP contribution in [0.3, 0.4) is 0 Å². The van der Waals surface area contributed by atoms with Crippen LogP contribution in [0.25, 0.3) is 0 Å². The molecule has 2 unspecified atom stereocenters. The van der Waals surface area contributed by atoms with Crippen LogP contribution in [0.4, 0.5) is 0 Å². The first-order chi connectivity index (χ1) is 5.16. The van der Waals surface area contributed by atoms with E-state index >= 15 is 0 Å². The lowest BCUT2D eigenvalue weighted by molar-refractivity contribution is 0.165. The van der Waals surface area contributed by atoms with E-state index in [1.165, 1.54) is 38.5 Å². The molecule has 0 aromatic rings. The van der Waals surface area contributed by atoms with Crippen molar-refractivity contribution in [2.45, 2.75) is 49.8 Å². The summed E-state index contributed by atoms with van der Waals surface area (Å²) in [5, 5.41) is 0. The fraction of sp³-hybridized carbons (Fsp3) is 1.00. The molecule has 2 rings (SSSR count). The predicted molar refractivity (Wildman–Crippen MR) is 52.0 cm³/mol. The Morgan fingerprint density at radius 1 is 1.18 bits per heavy atom. The number of hydrogen-bond donors (Lipinski definition) is 0. The zero-order valence-corrected chi connectivity index (χ0v) is 8.86. The fourth-order valence-corrected chi connectivity index (χ4v) is 3.98. The number of halogens is 1. The van der Waals surface area contributed by atoms with Crippen molar-refractivity contribution in [1.82, 2.24) is 0 Å². The summed E-state index contributed by atoms with van der Waals surface area (Å²) in [6.07, 6.45) is 8.86. The van der Waals surface area contributed by atoms with Crippen LogP contribution in [0, 0.1) is 11.8 Å². The molecule has 0 nitrogen and oxygen atoms in total. The Balaban J connectivity index is 2.05. The van der Waals surface area contributed by atoms with Crippen LogP contribution in [-0.2, 0) is 0 Å². The van der Waals surface area contributed by atoms with E-state index < -0.39 is 0 Å². The normalized spacial score (nSPS) is 50.7. The van der Waals surface area contributed by atoms with Gasteiger partial charge >= 0.3 is 0 Å². The summed E-state index contributed by atoms with van der Waals surface area (Å²) in [5.41, 5.74) is 0. The summed E-state index contributed by atoms with van der Waals surface area (Å²) < 4.78 is 0.487. The summed E-state index contributed by atoms with van der Waals surface area (Å²) >= 11 is 3.85. The molecule has 64 valence electrons. The van der Waals surface area contributed by atoms with Crippen molar-refractivity contribution in [3.8, 4) is 0 Å². The van der Waals surface area contributed by atoms with Gasteiger partial charge in [0.15, 0.2) is 0 Å². The van der Waals surface area contributed by atoms with Gasteiger partial charge in [-0.25, -0.2) is 0 Å². The first kappa shape index (κ1) is 8.10. The molecular formula is C10H17Br. The summed E-state index contributed by atoms with van der Waals surface area (Å²) in [7, 11) is 0. The molecular weight excluding hydrogens is 200 g/mol. The molecule has 0 saturated heterocycles. The van der Waals surface area contributed by atoms with Gasteiger partial charge in [-0.05, 0) is 38.0 Å². The van der Waals surface area contributed by atoms with Gasteiger partial charge in [0.2, 0.25) is 0 Å². The molecule has 2 fully saturated rings. The van der Waals surface area contributed by atoms with Crippen molar-refractivity contribution in [2.24, 2.45) is 11.8 Å². The molecule has 2 aliphatic carbocycles. The SMILES string of the molecule is CC1(Br)CC2CCCC(C2)C1. The minimum atomic E-state index is 0.487. The number of rotatable bonds is 0. The molecule has 0 heterocycles. The zero-order chi connectivity index (χ0) is 7.90. The topological polar surface area (TPSA) is 0 Å². The highest BCUT2D eigenvalue weighted by Gasteiger charge is 2.37. The van der Waals surface area contributed by atoms with E-state index in [9.17, 15) is 0 Å². The Labute approximate surface area is 77.9 Å². The summed E-state index contributed by atoms with van der Waals surface area (Å²) in [6, 6.07) is 0. The molecule has 2 atom stereocenters. The Hall–Kier alpha value is 0.480. The standard InChI is InChI=1S/C10H17Br/c1-10(11)6-8-3-2-4-9(5-8)7-10/h8-9H,2-7H2,1H3. The van der Waals surface area contributed by atoms with Crippen molar-refractivity contribution in [3.05, 3.63) is 0 Å². The van der Waals surface area contributed by atoms with Crippen LogP contribution in [-0.4, -0.2) is 4.32 Å². The second kappa shape index (κ2) is 2.76. The van der Waals surface area contributed by atoms with E-state index in [-0.39, 0.29) is 0 Å². The number of fused-ring (bicyclic) bond motifs is 2. The highest BCUT2D eigenvalue weighted by Crippen LogP contribution is 2.47. The lowest BCUT2D eigenvalue weighted by Crippen LogP contribution is -2.34. The molecule has 0 N–H and O–H groups in total. The van der Waals surface area contributed by atoms with Crippen molar-refractivity contribution in [3.63, 3.8) is 0 Å². The van der Waals surface area contributed by atoms with E-state index in [1.807, 2.05) is 0 Å². The highest BCUT2D eigenvalue weighted by molar-refractivity contribution is 9.10. The van der Waals surface area contributed by atoms with E-state index in [0.717, 1.165) is 11.8 Å². The molecule has 0 spiro atoms. The van der Waals surface area contributed by atoms with Crippen molar-refractivity contribution in [1.29, 1.82) is 0 Å². The molecule has 2 saturated carbocycles. The van der Waals surface area contributed by atoms with Crippen LogP contribution in [0.15, 0.2) is 0 Å². The van der Waals surface area contributed by atoms with Gasteiger partial charge in [-0.2, -0.15) is 0 Å². The van der Waals surface area contributed by atoms with Crippen LogP contribution in [0.2, 0.25) is 0 Å². The van der Waals surface area contributed by atoms with E-state index in [1.54, 1.807) is 0 Å². The minimum Gasteiger partial charge on any atom is -0.0856 e. The monoisotopic (exact) mass is 216 g/mol. The van der Waals surface area contributed by atoms with Crippen molar-refractivity contribution < 1.29 is 0 Å². The molecule has 0 aromatic heterocycles. The van der Waals surface area contributed by atoms with Crippen LogP contribution >= 0.6 is 15.9 Å². The van der Waals surface area contributed by atoms with Crippen molar-refractivity contribution in [2.75, 3.05) is 0 Å². The molecule has 11 heavy (non-hydrogen) atoms. The number of hydrogen-bond acceptors (Lipinski definition) is 0. The molecule has 0 aromatic carbocycles. The fourth-order valence-electron chi connectivity index (χ4n) is 3.06. The molecule has 2 bridgehead atoms. The van der Waals surface area contributed by atoms with E-state index in [2.05, 4.69) is 22.9 Å². The minimum absolute atomic E-state index is 0.487. The first-order valence-electron chi connectivity index (χ1n) is 4.85. The second-order valence-corrected chi connectivity index (χ2v) is 6.63. The average molecular weight is 217 g/mol. The van der Waals surface area contributed by atoms with Gasteiger partial charge in [0, 0.05) is 4.32 Å². The summed E-state index contributed by atoms with van der Waals surface area (Å²) in [5.74, 6) is 2.10. The molecule has 0 aliphatic heterocycles. The highest BCUT2D eigenvalue weighted by atomic mass is 79.9. The van der Waals surface area contributed by atoms with Crippen LogP contribution in [0.5, 0.6) is 0 Å². The number of alkyl halides is 1. The van der Waals surface area contributed by atoms with Gasteiger partial charge in [-0.3, -0.25) is 0 Å². The summed E-state index contributed by atoms with van der Waals surface area (Å²) in [4.78, 5) is 0. The lowest BCUT2D eigenvalue weighted by Gasteiger charge is -2.42. The zero-order valence-electron chi connectivity index (χ0n) is 7.28. The van der Waals surface area contributed by atoms with Gasteiger partial charge in [0.1, 0.15) is 0 Å². The maximum absolute atomic E-state index is 3.85. The molecule has 2 aliphatic rings. The first-order valence-corrected chi connectivity index (χ1v) is 5.64. The molecule has 0 radical (unpaired) electrons. The Morgan fingerprint density at radius 2 is 1.73 bits per heavy atom.